The molecule has 0 aromatic heterocycles. The van der Waals surface area contributed by atoms with E-state index >= 15 is 0 Å². The summed E-state index contributed by atoms with van der Waals surface area (Å²) in [5.74, 6) is -1.58. The van der Waals surface area contributed by atoms with Crippen LogP contribution in [0.25, 0.3) is 0 Å². The van der Waals surface area contributed by atoms with Crippen LogP contribution >= 0.6 is 0 Å². The van der Waals surface area contributed by atoms with Gasteiger partial charge in [0.2, 0.25) is 5.91 Å². The van der Waals surface area contributed by atoms with Crippen LogP contribution in [0.1, 0.15) is 32.6 Å². The van der Waals surface area contributed by atoms with Crippen LogP contribution in [0, 0.1) is 11.7 Å². The maximum Gasteiger partial charge on any atom is 0.308 e. The molecule has 0 aliphatic heterocycles. The normalized spacial score (nSPS) is 11.7. The second-order valence-electron chi connectivity index (χ2n) is 5.04. The van der Waals surface area contributed by atoms with Crippen LogP contribution < -0.4 is 10.1 Å². The van der Waals surface area contributed by atoms with Gasteiger partial charge >= 0.3 is 5.97 Å². The van der Waals surface area contributed by atoms with Crippen molar-refractivity contribution in [2.75, 3.05) is 13.2 Å². The van der Waals surface area contributed by atoms with Crippen LogP contribution in [0.15, 0.2) is 24.3 Å². The Balaban J connectivity index is 2.19. The molecule has 0 bridgehead atoms. The molecule has 2 N–H and O–H groups in total. The van der Waals surface area contributed by atoms with Crippen LogP contribution in [0.3, 0.4) is 0 Å². The summed E-state index contributed by atoms with van der Waals surface area (Å²) in [6.07, 6.45) is 2.02. The lowest BCUT2D eigenvalue weighted by molar-refractivity contribution is -0.141. The first-order valence-electron chi connectivity index (χ1n) is 7.40. The zero-order valence-electron chi connectivity index (χ0n) is 12.7. The topological polar surface area (TPSA) is 75.6 Å². The number of carbonyl (C=O) groups is 2. The average molecular weight is 311 g/mol. The molecule has 5 nitrogen and oxygen atoms in total. The zero-order valence-corrected chi connectivity index (χ0v) is 12.7. The molecule has 0 saturated carbocycles. The van der Waals surface area contributed by atoms with E-state index in [0.717, 1.165) is 6.42 Å². The summed E-state index contributed by atoms with van der Waals surface area (Å²) in [4.78, 5) is 22.6. The van der Waals surface area contributed by atoms with E-state index < -0.39 is 11.9 Å². The molecule has 1 unspecified atom stereocenters. The minimum Gasteiger partial charge on any atom is -0.493 e. The van der Waals surface area contributed by atoms with Gasteiger partial charge in [-0.2, -0.15) is 0 Å². The Kier molecular flexibility index (Phi) is 7.96. The Morgan fingerprint density at radius 2 is 2.18 bits per heavy atom. The molecule has 6 heteroatoms. The van der Waals surface area contributed by atoms with Gasteiger partial charge in [-0.3, -0.25) is 9.59 Å². The molecule has 1 aromatic carbocycles. The van der Waals surface area contributed by atoms with Crippen LogP contribution in [-0.2, 0) is 9.59 Å². The summed E-state index contributed by atoms with van der Waals surface area (Å²) in [7, 11) is 0. The van der Waals surface area contributed by atoms with E-state index in [1.54, 1.807) is 12.1 Å². The third kappa shape index (κ3) is 7.06. The van der Waals surface area contributed by atoms with Crippen molar-refractivity contribution < 1.29 is 23.8 Å². The smallest absolute Gasteiger partial charge is 0.308 e. The van der Waals surface area contributed by atoms with Crippen molar-refractivity contribution in [2.24, 2.45) is 5.92 Å². The summed E-state index contributed by atoms with van der Waals surface area (Å²) in [5, 5.41) is 11.6. The number of amides is 1. The van der Waals surface area contributed by atoms with E-state index in [0.29, 0.717) is 25.2 Å². The second kappa shape index (κ2) is 9.76. The Hall–Kier alpha value is -2.11. The first-order valence-corrected chi connectivity index (χ1v) is 7.40. The lowest BCUT2D eigenvalue weighted by Crippen LogP contribution is -2.32. The number of ether oxygens (including phenoxy) is 1. The summed E-state index contributed by atoms with van der Waals surface area (Å²) in [5.41, 5.74) is 0. The van der Waals surface area contributed by atoms with Gasteiger partial charge in [0.05, 0.1) is 12.5 Å². The quantitative estimate of drug-likeness (QED) is 0.651. The van der Waals surface area contributed by atoms with Crippen molar-refractivity contribution >= 4 is 11.9 Å². The fourth-order valence-electron chi connectivity index (χ4n) is 1.97. The van der Waals surface area contributed by atoms with E-state index in [-0.39, 0.29) is 24.7 Å². The van der Waals surface area contributed by atoms with Gasteiger partial charge in [-0.1, -0.05) is 19.4 Å². The largest absolute Gasteiger partial charge is 0.493 e. The molecule has 0 aliphatic carbocycles. The summed E-state index contributed by atoms with van der Waals surface area (Å²) in [6.45, 7) is 2.35. The summed E-state index contributed by atoms with van der Waals surface area (Å²) in [6, 6.07) is 5.81. The molecule has 1 aromatic rings. The van der Waals surface area contributed by atoms with Crippen molar-refractivity contribution in [1.82, 2.24) is 5.32 Å². The van der Waals surface area contributed by atoms with Crippen LogP contribution in [-0.4, -0.2) is 30.1 Å². The van der Waals surface area contributed by atoms with E-state index in [4.69, 9.17) is 9.84 Å². The predicted octanol–water partition coefficient (Wildman–Crippen LogP) is 2.60. The lowest BCUT2D eigenvalue weighted by Gasteiger charge is -2.12. The van der Waals surface area contributed by atoms with Crippen molar-refractivity contribution in [3.8, 4) is 5.75 Å². The molecule has 0 heterocycles. The fraction of sp³-hybridized carbons (Fsp3) is 0.500. The molecule has 0 saturated heterocycles. The third-order valence-corrected chi connectivity index (χ3v) is 3.14. The Bertz CT molecular complexity index is 493. The van der Waals surface area contributed by atoms with Gasteiger partial charge in [0, 0.05) is 19.0 Å². The molecular formula is C16H22FNO4. The minimum atomic E-state index is -0.892. The first-order chi connectivity index (χ1) is 10.5. The second-order valence-corrected chi connectivity index (χ2v) is 5.04. The van der Waals surface area contributed by atoms with Crippen molar-refractivity contribution in [3.05, 3.63) is 30.1 Å². The van der Waals surface area contributed by atoms with Crippen LogP contribution in [0.5, 0.6) is 5.75 Å². The molecule has 0 aliphatic rings. The molecule has 0 fully saturated rings. The zero-order chi connectivity index (χ0) is 16.4. The first kappa shape index (κ1) is 17.9. The number of hydrogen-bond acceptors (Lipinski definition) is 3. The highest BCUT2D eigenvalue weighted by atomic mass is 19.1. The van der Waals surface area contributed by atoms with Gasteiger partial charge < -0.3 is 15.2 Å². The molecule has 0 radical (unpaired) electrons. The lowest BCUT2D eigenvalue weighted by atomic mass is 10.0. The SMILES string of the molecule is CCCC(CNC(=O)CCCOc1cccc(F)c1)C(=O)O. The van der Waals surface area contributed by atoms with Gasteiger partial charge in [0.15, 0.2) is 0 Å². The van der Waals surface area contributed by atoms with Gasteiger partial charge in [-0.25, -0.2) is 4.39 Å². The van der Waals surface area contributed by atoms with Crippen LogP contribution in [0.2, 0.25) is 0 Å². The Morgan fingerprint density at radius 3 is 2.82 bits per heavy atom. The van der Waals surface area contributed by atoms with E-state index in [2.05, 4.69) is 5.32 Å². The highest BCUT2D eigenvalue weighted by Crippen LogP contribution is 2.12. The van der Waals surface area contributed by atoms with E-state index in [9.17, 15) is 14.0 Å². The number of halogens is 1. The number of nitrogens with one attached hydrogen (secondary N) is 1. The van der Waals surface area contributed by atoms with Crippen molar-refractivity contribution in [3.63, 3.8) is 0 Å². The van der Waals surface area contributed by atoms with Gasteiger partial charge in [-0.05, 0) is 25.0 Å². The standard InChI is InChI=1S/C16H22FNO4/c1-2-5-12(16(20)21)11-18-15(19)8-4-9-22-14-7-3-6-13(17)10-14/h3,6-7,10,12H,2,4-5,8-9,11H2,1H3,(H,18,19)(H,20,21). The maximum atomic E-state index is 12.9. The number of carboxylic acids is 1. The summed E-state index contributed by atoms with van der Waals surface area (Å²) < 4.78 is 18.2. The fourth-order valence-corrected chi connectivity index (χ4v) is 1.97. The molecule has 1 atom stereocenters. The van der Waals surface area contributed by atoms with Gasteiger partial charge in [0.1, 0.15) is 11.6 Å². The average Bonchev–Trinajstić information content (AvgIpc) is 2.47. The van der Waals surface area contributed by atoms with E-state index in [1.807, 2.05) is 6.92 Å². The monoisotopic (exact) mass is 311 g/mol. The number of carbonyl (C=O) groups excluding carboxylic acids is 1. The highest BCUT2D eigenvalue weighted by molar-refractivity contribution is 5.77. The predicted molar refractivity (Wildman–Crippen MR) is 80.2 cm³/mol. The number of rotatable bonds is 10. The number of aliphatic carboxylic acids is 1. The molecule has 22 heavy (non-hydrogen) atoms. The van der Waals surface area contributed by atoms with Crippen molar-refractivity contribution in [2.45, 2.75) is 32.6 Å². The Morgan fingerprint density at radius 1 is 1.41 bits per heavy atom. The molecule has 0 spiro atoms. The molecule has 1 rings (SSSR count). The molecule has 1 amide bonds. The van der Waals surface area contributed by atoms with Gasteiger partial charge in [-0.15, -0.1) is 0 Å². The van der Waals surface area contributed by atoms with Crippen molar-refractivity contribution in [1.29, 1.82) is 0 Å². The number of benzene rings is 1. The molecule has 122 valence electrons. The minimum absolute atomic E-state index is 0.146. The summed E-state index contributed by atoms with van der Waals surface area (Å²) >= 11 is 0. The molecular weight excluding hydrogens is 289 g/mol. The maximum absolute atomic E-state index is 12.9. The van der Waals surface area contributed by atoms with Crippen LogP contribution in [0.4, 0.5) is 4.39 Å². The number of hydrogen-bond donors (Lipinski definition) is 2. The highest BCUT2D eigenvalue weighted by Gasteiger charge is 2.16. The Labute approximate surface area is 129 Å². The third-order valence-electron chi connectivity index (χ3n) is 3.14. The number of carboxylic acid groups (broad SMARTS) is 1. The van der Waals surface area contributed by atoms with E-state index in [1.165, 1.54) is 12.1 Å². The van der Waals surface area contributed by atoms with Gasteiger partial charge in [0.25, 0.3) is 0 Å².